The minimum Gasteiger partial charge on any atom is -0.495 e. The van der Waals surface area contributed by atoms with Crippen molar-refractivity contribution < 1.29 is 22.9 Å². The molecule has 1 unspecified atom stereocenters. The van der Waals surface area contributed by atoms with Gasteiger partial charge >= 0.3 is 0 Å². The quantitative estimate of drug-likeness (QED) is 0.369. The summed E-state index contributed by atoms with van der Waals surface area (Å²) in [5.41, 5.74) is 1.72. The summed E-state index contributed by atoms with van der Waals surface area (Å²) in [7, 11) is -2.65. The molecule has 3 rings (SSSR count). The molecular formula is C24H32N4O6S. The SMILES string of the molecule is CCC(C(=O)NCc1ccc(CN2CCCC2)cc1)N(c1cc([N+](=O)[O-])ccc1OC)S(C)(=O)=O. The van der Waals surface area contributed by atoms with E-state index < -0.39 is 26.9 Å². The molecule has 0 aliphatic carbocycles. The predicted molar refractivity (Wildman–Crippen MR) is 134 cm³/mol. The monoisotopic (exact) mass is 504 g/mol. The molecule has 10 nitrogen and oxygen atoms in total. The first-order chi connectivity index (χ1) is 16.6. The van der Waals surface area contributed by atoms with Crippen LogP contribution in [0.4, 0.5) is 11.4 Å². The maximum atomic E-state index is 13.1. The molecule has 190 valence electrons. The second-order valence-electron chi connectivity index (χ2n) is 8.61. The molecule has 1 amide bonds. The lowest BCUT2D eigenvalue weighted by atomic mass is 10.1. The molecule has 1 saturated heterocycles. The summed E-state index contributed by atoms with van der Waals surface area (Å²) in [6, 6.07) is 10.5. The van der Waals surface area contributed by atoms with Crippen LogP contribution in [-0.4, -0.2) is 56.6 Å². The van der Waals surface area contributed by atoms with Gasteiger partial charge < -0.3 is 10.1 Å². The molecule has 1 fully saturated rings. The number of nitro benzene ring substituents is 1. The van der Waals surface area contributed by atoms with E-state index in [4.69, 9.17) is 4.74 Å². The van der Waals surface area contributed by atoms with Crippen molar-refractivity contribution in [3.05, 3.63) is 63.7 Å². The summed E-state index contributed by atoms with van der Waals surface area (Å²) < 4.78 is 31.7. The fourth-order valence-electron chi connectivity index (χ4n) is 4.27. The van der Waals surface area contributed by atoms with Crippen LogP contribution in [-0.2, 0) is 27.9 Å². The van der Waals surface area contributed by atoms with Gasteiger partial charge in [-0.1, -0.05) is 31.2 Å². The predicted octanol–water partition coefficient (Wildman–Crippen LogP) is 3.06. The third kappa shape index (κ3) is 6.70. The zero-order valence-electron chi connectivity index (χ0n) is 20.3. The van der Waals surface area contributed by atoms with Gasteiger partial charge in [0.1, 0.15) is 17.5 Å². The summed E-state index contributed by atoms with van der Waals surface area (Å²) >= 11 is 0. The zero-order valence-corrected chi connectivity index (χ0v) is 21.1. The van der Waals surface area contributed by atoms with E-state index >= 15 is 0 Å². The molecule has 1 aliphatic rings. The highest BCUT2D eigenvalue weighted by Crippen LogP contribution is 2.35. The van der Waals surface area contributed by atoms with Crippen LogP contribution in [0.15, 0.2) is 42.5 Å². The molecular weight excluding hydrogens is 472 g/mol. The highest BCUT2D eigenvalue weighted by Gasteiger charge is 2.34. The highest BCUT2D eigenvalue weighted by molar-refractivity contribution is 7.92. The second kappa shape index (κ2) is 11.5. The molecule has 35 heavy (non-hydrogen) atoms. The number of hydrogen-bond donors (Lipinski definition) is 1. The Kier molecular flexibility index (Phi) is 8.68. The maximum absolute atomic E-state index is 13.1. The average molecular weight is 505 g/mol. The Balaban J connectivity index is 1.77. The van der Waals surface area contributed by atoms with Crippen LogP contribution in [0.3, 0.4) is 0 Å². The van der Waals surface area contributed by atoms with E-state index in [-0.39, 0.29) is 30.1 Å². The zero-order chi connectivity index (χ0) is 25.6. The second-order valence-corrected chi connectivity index (χ2v) is 10.5. The van der Waals surface area contributed by atoms with Crippen LogP contribution >= 0.6 is 0 Å². The summed E-state index contributed by atoms with van der Waals surface area (Å²) in [4.78, 5) is 26.2. The Morgan fingerprint density at radius 2 is 1.80 bits per heavy atom. The topological polar surface area (TPSA) is 122 Å². The number of hydrogen-bond acceptors (Lipinski definition) is 7. The Hall–Kier alpha value is -3.18. The number of nitrogens with zero attached hydrogens (tertiary/aromatic N) is 3. The first-order valence-corrected chi connectivity index (χ1v) is 13.4. The smallest absolute Gasteiger partial charge is 0.271 e. The molecule has 1 heterocycles. The number of sulfonamides is 1. The van der Waals surface area contributed by atoms with E-state index in [0.717, 1.165) is 41.8 Å². The summed E-state index contributed by atoms with van der Waals surface area (Å²) in [5.74, 6) is -0.395. The molecule has 0 bridgehead atoms. The number of nitrogens with one attached hydrogen (secondary N) is 1. The van der Waals surface area contributed by atoms with Gasteiger partial charge in [0.25, 0.3) is 5.69 Å². The third-order valence-electron chi connectivity index (χ3n) is 6.03. The molecule has 0 aromatic heterocycles. The van der Waals surface area contributed by atoms with Gasteiger partial charge in [0.15, 0.2) is 0 Å². The Morgan fingerprint density at radius 1 is 1.17 bits per heavy atom. The van der Waals surface area contributed by atoms with E-state index in [1.54, 1.807) is 6.92 Å². The van der Waals surface area contributed by atoms with Gasteiger partial charge in [0.05, 0.1) is 18.3 Å². The molecule has 0 saturated carbocycles. The number of non-ortho nitro benzene ring substituents is 1. The lowest BCUT2D eigenvalue weighted by molar-refractivity contribution is -0.384. The first kappa shape index (κ1) is 26.4. The lowest BCUT2D eigenvalue weighted by Gasteiger charge is -2.31. The number of likely N-dealkylation sites (tertiary alicyclic amines) is 1. The number of anilines is 1. The van der Waals surface area contributed by atoms with Gasteiger partial charge in [-0.15, -0.1) is 0 Å². The summed E-state index contributed by atoms with van der Waals surface area (Å²) in [6.07, 6.45) is 3.57. The summed E-state index contributed by atoms with van der Waals surface area (Å²) in [5, 5.41) is 14.1. The van der Waals surface area contributed by atoms with Crippen molar-refractivity contribution in [2.45, 2.75) is 45.3 Å². The van der Waals surface area contributed by atoms with Crippen molar-refractivity contribution in [3.63, 3.8) is 0 Å². The fourth-order valence-corrected chi connectivity index (χ4v) is 5.48. The van der Waals surface area contributed by atoms with Crippen LogP contribution in [0.2, 0.25) is 0 Å². The number of carbonyl (C=O) groups excluding carboxylic acids is 1. The van der Waals surface area contributed by atoms with Gasteiger partial charge in [-0.05, 0) is 49.5 Å². The van der Waals surface area contributed by atoms with Crippen LogP contribution in [0, 0.1) is 10.1 Å². The van der Waals surface area contributed by atoms with Gasteiger partial charge in [-0.2, -0.15) is 0 Å². The van der Waals surface area contributed by atoms with Crippen LogP contribution in [0.1, 0.15) is 37.3 Å². The van der Waals surface area contributed by atoms with Crippen LogP contribution in [0.25, 0.3) is 0 Å². The van der Waals surface area contributed by atoms with E-state index in [1.807, 2.05) is 24.3 Å². The minimum absolute atomic E-state index is 0.0579. The van der Waals surface area contributed by atoms with E-state index in [1.165, 1.54) is 37.6 Å². The molecule has 1 N–H and O–H groups in total. The highest BCUT2D eigenvalue weighted by atomic mass is 32.2. The normalized spacial score (nSPS) is 14.9. The van der Waals surface area contributed by atoms with Crippen LogP contribution < -0.4 is 14.4 Å². The number of benzene rings is 2. The van der Waals surface area contributed by atoms with E-state index in [2.05, 4.69) is 10.2 Å². The molecule has 1 aliphatic heterocycles. The van der Waals surface area contributed by atoms with Crippen molar-refractivity contribution in [1.82, 2.24) is 10.2 Å². The molecule has 1 atom stereocenters. The van der Waals surface area contributed by atoms with Gasteiger partial charge in [0, 0.05) is 25.2 Å². The molecule has 0 spiro atoms. The van der Waals surface area contributed by atoms with Crippen molar-refractivity contribution >= 4 is 27.3 Å². The number of methoxy groups -OCH3 is 1. The lowest BCUT2D eigenvalue weighted by Crippen LogP contribution is -2.49. The molecule has 11 heteroatoms. The molecule has 2 aromatic rings. The minimum atomic E-state index is -3.98. The van der Waals surface area contributed by atoms with E-state index in [0.29, 0.717) is 0 Å². The number of ether oxygens (including phenoxy) is 1. The number of carbonyl (C=O) groups is 1. The maximum Gasteiger partial charge on any atom is 0.271 e. The largest absolute Gasteiger partial charge is 0.495 e. The van der Waals surface area contributed by atoms with Gasteiger partial charge in [-0.3, -0.25) is 24.1 Å². The van der Waals surface area contributed by atoms with Crippen molar-refractivity contribution in [1.29, 1.82) is 0 Å². The average Bonchev–Trinajstić information content (AvgIpc) is 3.33. The number of rotatable bonds is 11. The number of nitro groups is 1. The Bertz CT molecular complexity index is 1150. The third-order valence-corrected chi connectivity index (χ3v) is 7.20. The van der Waals surface area contributed by atoms with Crippen LogP contribution in [0.5, 0.6) is 5.75 Å². The van der Waals surface area contributed by atoms with Gasteiger partial charge in [0.2, 0.25) is 15.9 Å². The Morgan fingerprint density at radius 3 is 2.34 bits per heavy atom. The standard InChI is InChI=1S/C24H32N4O6S/c1-4-21(27(35(3,32)33)22-15-20(28(30)31)11-12-23(22)34-2)24(29)25-16-18-7-9-19(10-8-18)17-26-13-5-6-14-26/h7-12,15,21H,4-6,13-14,16-17H2,1-3H3,(H,25,29). The van der Waals surface area contributed by atoms with Crippen molar-refractivity contribution in [3.8, 4) is 5.75 Å². The molecule has 0 radical (unpaired) electrons. The first-order valence-electron chi connectivity index (χ1n) is 11.5. The van der Waals surface area contributed by atoms with Gasteiger partial charge in [-0.25, -0.2) is 8.42 Å². The fraction of sp³-hybridized carbons (Fsp3) is 0.458. The Labute approximate surface area is 206 Å². The van der Waals surface area contributed by atoms with Crippen molar-refractivity contribution in [2.75, 3.05) is 30.8 Å². The van der Waals surface area contributed by atoms with E-state index in [9.17, 15) is 23.3 Å². The number of amides is 1. The summed E-state index contributed by atoms with van der Waals surface area (Å²) in [6.45, 7) is 5.03. The molecule has 2 aromatic carbocycles. The van der Waals surface area contributed by atoms with Crippen molar-refractivity contribution in [2.24, 2.45) is 0 Å².